The zero-order valence-electron chi connectivity index (χ0n) is 17.3. The number of pyridine rings is 1. The van der Waals surface area contributed by atoms with Crippen LogP contribution in [0.2, 0.25) is 0 Å². The Labute approximate surface area is 176 Å². The number of aromatic nitrogens is 1. The maximum atomic E-state index is 12.9. The van der Waals surface area contributed by atoms with E-state index in [4.69, 9.17) is 4.98 Å². The van der Waals surface area contributed by atoms with Crippen LogP contribution in [0.1, 0.15) is 40.2 Å². The van der Waals surface area contributed by atoms with Gasteiger partial charge >= 0.3 is 6.03 Å². The van der Waals surface area contributed by atoms with Crippen molar-refractivity contribution in [3.05, 3.63) is 53.2 Å². The maximum Gasteiger partial charge on any atom is 0.321 e. The van der Waals surface area contributed by atoms with Gasteiger partial charge in [-0.25, -0.2) is 9.78 Å². The van der Waals surface area contributed by atoms with Crippen molar-refractivity contribution in [3.63, 3.8) is 0 Å². The minimum atomic E-state index is -0.0840. The molecule has 3 fully saturated rings. The predicted octanol–water partition coefficient (Wildman–Crippen LogP) is 2.76. The van der Waals surface area contributed by atoms with Crippen LogP contribution in [-0.2, 0) is 0 Å². The Bertz CT molecular complexity index is 962. The number of hydrogen-bond acceptors (Lipinski definition) is 4. The van der Waals surface area contributed by atoms with Crippen LogP contribution in [0.5, 0.6) is 0 Å². The van der Waals surface area contributed by atoms with E-state index in [1.807, 2.05) is 35.4 Å². The molecule has 1 N–H and O–H groups in total. The lowest BCUT2D eigenvalue weighted by molar-refractivity contribution is 0.0746. The number of aryl methyl sites for hydroxylation is 1. The number of amides is 3. The lowest BCUT2D eigenvalue weighted by Gasteiger charge is -2.36. The van der Waals surface area contributed by atoms with E-state index >= 15 is 0 Å². The molecule has 5 rings (SSSR count). The second-order valence-corrected chi connectivity index (χ2v) is 8.39. The summed E-state index contributed by atoms with van der Waals surface area (Å²) in [5.41, 5.74) is 4.07. The number of rotatable bonds is 4. The average molecular weight is 406 g/mol. The third kappa shape index (κ3) is 3.60. The fourth-order valence-electron chi connectivity index (χ4n) is 4.37. The molecule has 0 bridgehead atoms. The van der Waals surface area contributed by atoms with Crippen molar-refractivity contribution in [2.75, 3.05) is 49.1 Å². The van der Waals surface area contributed by atoms with Crippen LogP contribution in [0.3, 0.4) is 0 Å². The molecule has 7 heteroatoms. The topological polar surface area (TPSA) is 68.8 Å². The second-order valence-electron chi connectivity index (χ2n) is 8.39. The van der Waals surface area contributed by atoms with E-state index in [-0.39, 0.29) is 11.9 Å². The van der Waals surface area contributed by atoms with Crippen LogP contribution >= 0.6 is 0 Å². The van der Waals surface area contributed by atoms with Crippen LogP contribution in [0.4, 0.5) is 16.3 Å². The van der Waals surface area contributed by atoms with E-state index in [1.165, 1.54) is 24.0 Å². The Morgan fingerprint density at radius 1 is 1.07 bits per heavy atom. The van der Waals surface area contributed by atoms with Crippen LogP contribution in [-0.4, -0.2) is 61.1 Å². The highest BCUT2D eigenvalue weighted by atomic mass is 16.2. The number of hydrogen-bond donors (Lipinski definition) is 1. The van der Waals surface area contributed by atoms with Crippen molar-refractivity contribution in [3.8, 4) is 0 Å². The molecule has 3 heterocycles. The van der Waals surface area contributed by atoms with Crippen LogP contribution < -0.4 is 15.1 Å². The molecule has 0 atom stereocenters. The van der Waals surface area contributed by atoms with E-state index in [0.717, 1.165) is 24.6 Å². The number of carbonyl (C=O) groups is 2. The van der Waals surface area contributed by atoms with E-state index in [9.17, 15) is 9.59 Å². The summed E-state index contributed by atoms with van der Waals surface area (Å²) in [5, 5.41) is 2.79. The summed E-state index contributed by atoms with van der Waals surface area (Å²) in [7, 11) is 0. The Morgan fingerprint density at radius 2 is 1.80 bits per heavy atom. The highest BCUT2D eigenvalue weighted by Gasteiger charge is 2.27. The molecule has 2 aromatic rings. The Morgan fingerprint density at radius 3 is 2.40 bits per heavy atom. The highest BCUT2D eigenvalue weighted by Crippen LogP contribution is 2.40. The number of anilines is 2. The molecule has 0 unspecified atom stereocenters. The average Bonchev–Trinajstić information content (AvgIpc) is 3.54. The quantitative estimate of drug-likeness (QED) is 0.849. The van der Waals surface area contributed by atoms with Gasteiger partial charge in [-0.3, -0.25) is 9.69 Å². The molecular formula is C23H27N5O2. The second kappa shape index (κ2) is 7.63. The summed E-state index contributed by atoms with van der Waals surface area (Å²) in [5.74, 6) is 1.80. The summed E-state index contributed by atoms with van der Waals surface area (Å²) in [6.45, 7) is 6.38. The van der Waals surface area contributed by atoms with Crippen LogP contribution in [0.15, 0.2) is 36.5 Å². The van der Waals surface area contributed by atoms with Gasteiger partial charge in [0, 0.05) is 56.7 Å². The first-order valence-electron chi connectivity index (χ1n) is 10.8. The predicted molar refractivity (Wildman–Crippen MR) is 116 cm³/mol. The number of carbonyl (C=O) groups excluding carboxylic acids is 2. The fraction of sp³-hybridized carbons (Fsp3) is 0.435. The number of nitrogens with zero attached hydrogens (tertiary/aromatic N) is 4. The molecule has 0 spiro atoms. The molecule has 156 valence electrons. The summed E-state index contributed by atoms with van der Waals surface area (Å²) < 4.78 is 0. The van der Waals surface area contributed by atoms with Gasteiger partial charge in [-0.05, 0) is 61.1 Å². The van der Waals surface area contributed by atoms with Gasteiger partial charge < -0.3 is 15.1 Å². The molecule has 1 aromatic carbocycles. The number of nitrogens with one attached hydrogen (secondary N) is 1. The Hall–Kier alpha value is -3.09. The third-order valence-electron chi connectivity index (χ3n) is 6.27. The van der Waals surface area contributed by atoms with Crippen molar-refractivity contribution < 1.29 is 9.59 Å². The van der Waals surface area contributed by atoms with E-state index in [2.05, 4.69) is 23.2 Å². The van der Waals surface area contributed by atoms with Gasteiger partial charge in [0.25, 0.3) is 5.91 Å². The third-order valence-corrected chi connectivity index (χ3v) is 6.27. The molecule has 3 aliphatic rings. The van der Waals surface area contributed by atoms with Gasteiger partial charge in [0.1, 0.15) is 5.82 Å². The van der Waals surface area contributed by atoms with Gasteiger partial charge in [0.05, 0.1) is 0 Å². The largest absolute Gasteiger partial charge is 0.353 e. The van der Waals surface area contributed by atoms with E-state index in [0.29, 0.717) is 37.7 Å². The molecule has 1 aliphatic carbocycles. The zero-order chi connectivity index (χ0) is 20.7. The first-order valence-corrected chi connectivity index (χ1v) is 10.8. The fourth-order valence-corrected chi connectivity index (χ4v) is 4.37. The molecule has 2 aliphatic heterocycles. The maximum absolute atomic E-state index is 12.9. The number of urea groups is 1. The molecule has 7 nitrogen and oxygen atoms in total. The van der Waals surface area contributed by atoms with Gasteiger partial charge in [-0.1, -0.05) is 6.07 Å². The minimum absolute atomic E-state index is 0.0424. The standard InChI is InChI=1S/C23H27N5O2/c1-16-14-19(17-2-3-17)15-25-21(16)26-10-12-27(13-11-26)22(29)18-4-6-20(7-5-18)28-9-8-24-23(28)30/h4-7,14-15,17H,2-3,8-13H2,1H3,(H,24,30). The van der Waals surface area contributed by atoms with Crippen molar-refractivity contribution in [2.24, 2.45) is 0 Å². The van der Waals surface area contributed by atoms with Crippen molar-refractivity contribution in [1.29, 1.82) is 0 Å². The van der Waals surface area contributed by atoms with Crippen LogP contribution in [0, 0.1) is 6.92 Å². The smallest absolute Gasteiger partial charge is 0.321 e. The van der Waals surface area contributed by atoms with E-state index in [1.54, 1.807) is 4.90 Å². The van der Waals surface area contributed by atoms with Crippen molar-refractivity contribution >= 4 is 23.4 Å². The molecular weight excluding hydrogens is 378 g/mol. The Balaban J connectivity index is 1.21. The molecule has 30 heavy (non-hydrogen) atoms. The summed E-state index contributed by atoms with van der Waals surface area (Å²) in [4.78, 5) is 35.3. The zero-order valence-corrected chi connectivity index (χ0v) is 17.3. The molecule has 1 aromatic heterocycles. The first kappa shape index (κ1) is 18.9. The highest BCUT2D eigenvalue weighted by molar-refractivity contribution is 5.97. The molecule has 3 amide bonds. The van der Waals surface area contributed by atoms with Crippen LogP contribution in [0.25, 0.3) is 0 Å². The molecule has 2 saturated heterocycles. The summed E-state index contributed by atoms with van der Waals surface area (Å²) >= 11 is 0. The van der Waals surface area contributed by atoms with Crippen molar-refractivity contribution in [2.45, 2.75) is 25.7 Å². The van der Waals surface area contributed by atoms with Gasteiger partial charge in [-0.15, -0.1) is 0 Å². The van der Waals surface area contributed by atoms with E-state index < -0.39 is 0 Å². The molecule has 0 radical (unpaired) electrons. The first-order chi connectivity index (χ1) is 14.6. The van der Waals surface area contributed by atoms with Gasteiger partial charge in [-0.2, -0.15) is 0 Å². The summed E-state index contributed by atoms with van der Waals surface area (Å²) in [6, 6.07) is 9.53. The normalized spacial score (nSPS) is 19.2. The summed E-state index contributed by atoms with van der Waals surface area (Å²) in [6.07, 6.45) is 4.60. The van der Waals surface area contributed by atoms with Gasteiger partial charge in [0.15, 0.2) is 0 Å². The van der Waals surface area contributed by atoms with Gasteiger partial charge in [0.2, 0.25) is 0 Å². The lowest BCUT2D eigenvalue weighted by atomic mass is 10.1. The monoisotopic (exact) mass is 405 g/mol. The SMILES string of the molecule is Cc1cc(C2CC2)cnc1N1CCN(C(=O)c2ccc(N3CCNC3=O)cc2)CC1. The number of benzene rings is 1. The Kier molecular flexibility index (Phi) is 4.81. The molecule has 1 saturated carbocycles. The number of piperazine rings is 1. The lowest BCUT2D eigenvalue weighted by Crippen LogP contribution is -2.49. The van der Waals surface area contributed by atoms with Crippen molar-refractivity contribution in [1.82, 2.24) is 15.2 Å². The minimum Gasteiger partial charge on any atom is -0.353 e.